The fourth-order valence-electron chi connectivity index (χ4n) is 5.48. The smallest absolute Gasteiger partial charge is 0.393 e. The van der Waals surface area contributed by atoms with E-state index in [0.29, 0.717) is 40.5 Å². The molecule has 1 fully saturated rings. The summed E-state index contributed by atoms with van der Waals surface area (Å²) in [4.78, 5) is 11.5. The summed E-state index contributed by atoms with van der Waals surface area (Å²) in [5.74, 6) is 0.732. The lowest BCUT2D eigenvalue weighted by atomic mass is 10.00. The number of aromatic amines is 1. The highest BCUT2D eigenvalue weighted by Gasteiger charge is 2.29. The number of halogens is 3. The van der Waals surface area contributed by atoms with E-state index in [-0.39, 0.29) is 16.7 Å². The third-order valence-corrected chi connectivity index (χ3v) is 8.59. The van der Waals surface area contributed by atoms with Crippen LogP contribution in [0.5, 0.6) is 5.75 Å². The van der Waals surface area contributed by atoms with Crippen molar-refractivity contribution in [2.45, 2.75) is 51.5 Å². The van der Waals surface area contributed by atoms with Gasteiger partial charge in [-0.2, -0.15) is 18.4 Å². The molecule has 0 unspecified atom stereocenters. The molecule has 5 aromatic rings. The second kappa shape index (κ2) is 10.6. The van der Waals surface area contributed by atoms with Gasteiger partial charge in [-0.3, -0.25) is 10.00 Å². The summed E-state index contributed by atoms with van der Waals surface area (Å²) in [6, 6.07) is 7.43. The van der Waals surface area contributed by atoms with Crippen molar-refractivity contribution in [3.05, 3.63) is 58.1 Å². The average Bonchev–Trinajstić information content (AvgIpc) is 3.66. The number of anilines is 1. The van der Waals surface area contributed by atoms with Crippen LogP contribution in [0.25, 0.3) is 21.1 Å². The third kappa shape index (κ3) is 5.55. The van der Waals surface area contributed by atoms with Gasteiger partial charge >= 0.3 is 6.18 Å². The summed E-state index contributed by atoms with van der Waals surface area (Å²) in [7, 11) is 0. The van der Waals surface area contributed by atoms with Gasteiger partial charge in [-0.25, -0.2) is 9.97 Å². The van der Waals surface area contributed by atoms with Crippen molar-refractivity contribution in [1.82, 2.24) is 34.8 Å². The number of nitriles is 1. The van der Waals surface area contributed by atoms with Gasteiger partial charge in [0.2, 0.25) is 0 Å². The number of nitrogens with zero attached hydrogens (tertiary/aromatic N) is 7. The van der Waals surface area contributed by atoms with Crippen LogP contribution in [0.2, 0.25) is 0 Å². The number of aromatic hydroxyl groups is 1. The highest BCUT2D eigenvalue weighted by molar-refractivity contribution is 7.18. The minimum Gasteiger partial charge on any atom is -0.508 e. The molecule has 6 rings (SSSR count). The molecular weight excluding hydrogens is 555 g/mol. The van der Waals surface area contributed by atoms with E-state index in [4.69, 9.17) is 0 Å². The Bertz CT molecular complexity index is 1750. The zero-order valence-electron chi connectivity index (χ0n) is 22.0. The molecule has 5 heterocycles. The van der Waals surface area contributed by atoms with E-state index in [1.165, 1.54) is 12.4 Å². The van der Waals surface area contributed by atoms with E-state index in [1.54, 1.807) is 12.3 Å². The number of piperidine rings is 1. The van der Waals surface area contributed by atoms with Crippen LogP contribution >= 0.6 is 11.3 Å². The van der Waals surface area contributed by atoms with Gasteiger partial charge in [0.1, 0.15) is 40.2 Å². The second-order valence-corrected chi connectivity index (χ2v) is 11.4. The third-order valence-electron chi connectivity index (χ3n) is 7.55. The van der Waals surface area contributed by atoms with Crippen molar-refractivity contribution in [2.75, 3.05) is 18.4 Å². The number of aromatic nitrogens is 6. The number of nitrogens with one attached hydrogen (secondary N) is 2. The van der Waals surface area contributed by atoms with E-state index in [9.17, 15) is 23.5 Å². The van der Waals surface area contributed by atoms with Gasteiger partial charge in [0, 0.05) is 53.8 Å². The molecule has 212 valence electrons. The molecule has 0 amide bonds. The van der Waals surface area contributed by atoms with Crippen molar-refractivity contribution in [1.29, 1.82) is 5.26 Å². The second-order valence-electron chi connectivity index (χ2n) is 10.3. The molecule has 0 saturated carbocycles. The molecule has 0 aliphatic carbocycles. The highest BCUT2D eigenvalue weighted by atomic mass is 32.1. The summed E-state index contributed by atoms with van der Waals surface area (Å²) in [5.41, 5.74) is 3.66. The number of aryl methyl sites for hydroxylation is 1. The standard InChI is InChI=1S/C27H26F3N9OS/c1-15-20-6-18(10-31)39(12-17-11-34-37-36-17)23(20)8-24(40)22(15)13-38-4-2-16(3-5-38)35-25-21-7-19(9-27(28,29)30)41-26(21)33-14-32-25/h6-8,11,14,16,40H,2-5,9,12-13H2,1H3,(H,32,33,35)(H,34,36,37). The maximum absolute atomic E-state index is 12.9. The number of hydrogen-bond acceptors (Lipinski definition) is 9. The van der Waals surface area contributed by atoms with Gasteiger partial charge < -0.3 is 15.0 Å². The monoisotopic (exact) mass is 581 g/mol. The predicted octanol–water partition coefficient (Wildman–Crippen LogP) is 4.88. The zero-order chi connectivity index (χ0) is 28.7. The van der Waals surface area contributed by atoms with E-state index in [0.717, 1.165) is 59.3 Å². The number of benzene rings is 1. The van der Waals surface area contributed by atoms with E-state index in [1.807, 2.05) is 17.6 Å². The average molecular weight is 582 g/mol. The molecule has 1 aliphatic heterocycles. The van der Waals surface area contributed by atoms with Crippen molar-refractivity contribution in [3.63, 3.8) is 0 Å². The molecule has 41 heavy (non-hydrogen) atoms. The zero-order valence-corrected chi connectivity index (χ0v) is 22.9. The molecule has 0 radical (unpaired) electrons. The number of H-pyrrole nitrogens is 1. The Kier molecular flexibility index (Phi) is 7.00. The Morgan fingerprint density at radius 3 is 2.68 bits per heavy atom. The van der Waals surface area contributed by atoms with Crippen LogP contribution in [0.4, 0.5) is 19.0 Å². The first kappa shape index (κ1) is 27.0. The Morgan fingerprint density at radius 1 is 1.17 bits per heavy atom. The maximum Gasteiger partial charge on any atom is 0.393 e. The Hall–Kier alpha value is -4.22. The molecule has 0 spiro atoms. The lowest BCUT2D eigenvalue weighted by molar-refractivity contribution is -0.126. The van der Waals surface area contributed by atoms with Crippen molar-refractivity contribution >= 4 is 38.3 Å². The van der Waals surface area contributed by atoms with Crippen molar-refractivity contribution in [3.8, 4) is 11.8 Å². The number of rotatable bonds is 7. The molecule has 10 nitrogen and oxygen atoms in total. The first-order valence-electron chi connectivity index (χ1n) is 13.1. The molecule has 0 atom stereocenters. The van der Waals surface area contributed by atoms with Crippen molar-refractivity contribution < 1.29 is 18.3 Å². The van der Waals surface area contributed by atoms with Crippen LogP contribution in [0.1, 0.15) is 40.2 Å². The molecule has 0 bridgehead atoms. The molecule has 14 heteroatoms. The molecule has 4 aromatic heterocycles. The first-order chi connectivity index (χ1) is 19.7. The number of hydrogen-bond donors (Lipinski definition) is 3. The quantitative estimate of drug-likeness (QED) is 0.248. The van der Waals surface area contributed by atoms with Gasteiger partial charge in [-0.05, 0) is 37.5 Å². The highest BCUT2D eigenvalue weighted by Crippen LogP contribution is 2.35. The van der Waals surface area contributed by atoms with E-state index in [2.05, 4.69) is 41.7 Å². The molecule has 3 N–H and O–H groups in total. The fourth-order valence-corrected chi connectivity index (χ4v) is 6.50. The van der Waals surface area contributed by atoms with Crippen LogP contribution in [0.15, 0.2) is 30.7 Å². The summed E-state index contributed by atoms with van der Waals surface area (Å²) < 4.78 is 40.5. The lowest BCUT2D eigenvalue weighted by Gasteiger charge is -2.33. The summed E-state index contributed by atoms with van der Waals surface area (Å²) in [6.45, 7) is 4.40. The van der Waals surface area contributed by atoms with Crippen LogP contribution in [-0.4, -0.2) is 65.3 Å². The van der Waals surface area contributed by atoms with Gasteiger partial charge in [-0.15, -0.1) is 16.4 Å². The molecule has 1 aromatic carbocycles. The molecular formula is C27H26F3N9OS. The van der Waals surface area contributed by atoms with E-state index < -0.39 is 12.6 Å². The fraction of sp³-hybridized carbons (Fsp3) is 0.370. The number of fused-ring (bicyclic) bond motifs is 2. The Morgan fingerprint density at radius 2 is 1.98 bits per heavy atom. The predicted molar refractivity (Wildman–Crippen MR) is 148 cm³/mol. The number of likely N-dealkylation sites (tertiary alicyclic amines) is 1. The number of alkyl halides is 3. The van der Waals surface area contributed by atoms with Gasteiger partial charge in [-0.1, -0.05) is 5.21 Å². The number of phenols is 1. The van der Waals surface area contributed by atoms with Gasteiger partial charge in [0.25, 0.3) is 0 Å². The minimum absolute atomic E-state index is 0.108. The topological polar surface area (TPSA) is 132 Å². The van der Waals surface area contributed by atoms with Crippen LogP contribution in [0.3, 0.4) is 0 Å². The van der Waals surface area contributed by atoms with Crippen molar-refractivity contribution in [2.24, 2.45) is 0 Å². The summed E-state index contributed by atoms with van der Waals surface area (Å²) in [5, 5.41) is 36.1. The van der Waals surface area contributed by atoms with Crippen LogP contribution in [0, 0.1) is 18.3 Å². The molecule has 1 aliphatic rings. The first-order valence-corrected chi connectivity index (χ1v) is 13.9. The van der Waals surface area contributed by atoms with Crippen LogP contribution < -0.4 is 5.32 Å². The Balaban J connectivity index is 1.15. The maximum atomic E-state index is 12.9. The Labute approximate surface area is 236 Å². The summed E-state index contributed by atoms with van der Waals surface area (Å²) >= 11 is 1.04. The lowest BCUT2D eigenvalue weighted by Crippen LogP contribution is -2.39. The largest absolute Gasteiger partial charge is 0.508 e. The SMILES string of the molecule is Cc1c(CN2CCC(Nc3ncnc4sc(CC(F)(F)F)cc34)CC2)c(O)cc2c1cc(C#N)n2Cc1c[nH]nn1. The van der Waals surface area contributed by atoms with Gasteiger partial charge in [0.15, 0.2) is 0 Å². The number of thiophene rings is 1. The molecule has 1 saturated heterocycles. The number of phenolic OH excluding ortho intramolecular Hbond substituents is 1. The van der Waals surface area contributed by atoms with Gasteiger partial charge in [0.05, 0.1) is 23.9 Å². The van der Waals surface area contributed by atoms with E-state index >= 15 is 0 Å². The van der Waals surface area contributed by atoms with Crippen LogP contribution in [-0.2, 0) is 19.5 Å². The summed E-state index contributed by atoms with van der Waals surface area (Å²) in [6.07, 6.45) is -0.586. The minimum atomic E-state index is -4.27. The normalized spacial score (nSPS) is 15.1.